The Bertz CT molecular complexity index is 1010. The van der Waals surface area contributed by atoms with Gasteiger partial charge >= 0.3 is 0 Å². The van der Waals surface area contributed by atoms with Gasteiger partial charge < -0.3 is 4.90 Å². The monoisotopic (exact) mass is 444 g/mol. The predicted molar refractivity (Wildman–Crippen MR) is 110 cm³/mol. The summed E-state index contributed by atoms with van der Waals surface area (Å²) >= 11 is 13.7. The number of hydrogen-bond donors (Lipinski definition) is 0. The van der Waals surface area contributed by atoms with E-state index in [1.165, 1.54) is 17.8 Å². The van der Waals surface area contributed by atoms with E-state index in [4.69, 9.17) is 23.2 Å². The van der Waals surface area contributed by atoms with Crippen LogP contribution in [0, 0.1) is 5.82 Å². The topological polar surface area (TPSA) is 49.7 Å². The van der Waals surface area contributed by atoms with Crippen molar-refractivity contribution in [3.8, 4) is 0 Å². The van der Waals surface area contributed by atoms with Crippen LogP contribution < -0.4 is 4.90 Å². The Morgan fingerprint density at radius 3 is 2.56 bits per heavy atom. The maximum Gasteiger partial charge on any atom is 0.164 e. The lowest BCUT2D eigenvalue weighted by molar-refractivity contribution is 0.601. The van der Waals surface area contributed by atoms with E-state index in [0.717, 1.165) is 0 Å². The van der Waals surface area contributed by atoms with Crippen LogP contribution in [0.25, 0.3) is 0 Å². The Morgan fingerprint density at radius 2 is 1.85 bits per heavy atom. The van der Waals surface area contributed by atoms with Gasteiger partial charge in [0.1, 0.15) is 5.82 Å². The second-order valence-corrected chi connectivity index (χ2v) is 10.5. The van der Waals surface area contributed by atoms with Gasteiger partial charge in [-0.05, 0) is 29.8 Å². The van der Waals surface area contributed by atoms with Crippen molar-refractivity contribution in [3.05, 3.63) is 63.9 Å². The first-order valence-corrected chi connectivity index (χ1v) is 11.8. The van der Waals surface area contributed by atoms with Gasteiger partial charge in [0.05, 0.1) is 23.6 Å². The third-order valence-electron chi connectivity index (χ3n) is 4.55. The molecule has 0 radical (unpaired) electrons. The van der Waals surface area contributed by atoms with E-state index < -0.39 is 9.84 Å². The van der Waals surface area contributed by atoms with Crippen LogP contribution >= 0.6 is 35.0 Å². The molecule has 4 rings (SSSR count). The molecule has 0 bridgehead atoms. The first-order chi connectivity index (χ1) is 12.8. The standard InChI is InChI=1S/C18H15Cl2FN2O2S2/c19-12-5-13(20)7-14(6-12)23-17-10-27(24,25)9-16(17)22-18(23)26-8-11-3-1-2-4-15(11)21/h1-7,16-17H,8-10H2/t16-,17-/m1/s1. The second kappa shape index (κ2) is 7.28. The van der Waals surface area contributed by atoms with Crippen LogP contribution in [0.15, 0.2) is 47.5 Å². The first-order valence-electron chi connectivity index (χ1n) is 8.22. The SMILES string of the molecule is O=S1(=O)C[C@@H]2[C@@H](C1)N=C(SCc1ccccc1F)N2c1cc(Cl)cc(Cl)c1. The molecule has 4 nitrogen and oxygen atoms in total. The summed E-state index contributed by atoms with van der Waals surface area (Å²) < 4.78 is 38.1. The highest BCUT2D eigenvalue weighted by Gasteiger charge is 2.47. The molecule has 2 aliphatic rings. The largest absolute Gasteiger partial charge is 0.315 e. The van der Waals surface area contributed by atoms with Gasteiger partial charge in [-0.3, -0.25) is 4.99 Å². The Kier molecular flexibility index (Phi) is 5.14. The van der Waals surface area contributed by atoms with E-state index in [2.05, 4.69) is 4.99 Å². The van der Waals surface area contributed by atoms with Crippen molar-refractivity contribution in [2.24, 2.45) is 4.99 Å². The van der Waals surface area contributed by atoms with Crippen molar-refractivity contribution in [3.63, 3.8) is 0 Å². The van der Waals surface area contributed by atoms with Gasteiger partial charge in [-0.2, -0.15) is 0 Å². The van der Waals surface area contributed by atoms with Crippen LogP contribution in [0.4, 0.5) is 10.1 Å². The zero-order valence-electron chi connectivity index (χ0n) is 14.0. The molecule has 2 aliphatic heterocycles. The molecule has 2 heterocycles. The molecule has 0 N–H and O–H groups in total. The van der Waals surface area contributed by atoms with Crippen molar-refractivity contribution < 1.29 is 12.8 Å². The van der Waals surface area contributed by atoms with Crippen LogP contribution in [0.2, 0.25) is 10.0 Å². The second-order valence-electron chi connectivity index (χ2n) is 6.50. The fraction of sp³-hybridized carbons (Fsp3) is 0.278. The number of anilines is 1. The van der Waals surface area contributed by atoms with Gasteiger partial charge in [0, 0.05) is 21.5 Å². The van der Waals surface area contributed by atoms with E-state index in [9.17, 15) is 12.8 Å². The number of halogens is 3. The summed E-state index contributed by atoms with van der Waals surface area (Å²) in [5, 5.41) is 1.57. The Morgan fingerprint density at radius 1 is 1.15 bits per heavy atom. The summed E-state index contributed by atoms with van der Waals surface area (Å²) in [7, 11) is -3.15. The van der Waals surface area contributed by atoms with Gasteiger partial charge in [0.25, 0.3) is 0 Å². The average molecular weight is 445 g/mol. The zero-order valence-corrected chi connectivity index (χ0v) is 17.1. The highest BCUT2D eigenvalue weighted by molar-refractivity contribution is 8.13. The summed E-state index contributed by atoms with van der Waals surface area (Å²) in [6.07, 6.45) is 0. The van der Waals surface area contributed by atoms with Crippen molar-refractivity contribution in [1.82, 2.24) is 0 Å². The summed E-state index contributed by atoms with van der Waals surface area (Å²) in [6, 6.07) is 11.0. The number of rotatable bonds is 3. The van der Waals surface area contributed by atoms with E-state index in [1.807, 2.05) is 4.90 Å². The minimum Gasteiger partial charge on any atom is -0.315 e. The average Bonchev–Trinajstić information content (AvgIpc) is 3.04. The molecule has 142 valence electrons. The molecule has 9 heteroatoms. The Labute approximate surface area is 171 Å². The fourth-order valence-electron chi connectivity index (χ4n) is 3.37. The molecule has 2 aromatic rings. The normalized spacial score (nSPS) is 23.4. The molecule has 2 atom stereocenters. The van der Waals surface area contributed by atoms with Gasteiger partial charge in [-0.15, -0.1) is 0 Å². The number of hydrogen-bond acceptors (Lipinski definition) is 5. The van der Waals surface area contributed by atoms with Gasteiger partial charge in [0.2, 0.25) is 0 Å². The lowest BCUT2D eigenvalue weighted by atomic mass is 10.1. The number of nitrogens with zero attached hydrogens (tertiary/aromatic N) is 2. The fourth-order valence-corrected chi connectivity index (χ4v) is 6.84. The number of aliphatic imine (C=N–C) groups is 1. The third-order valence-corrected chi connectivity index (χ3v) is 7.70. The maximum atomic E-state index is 13.9. The van der Waals surface area contributed by atoms with E-state index in [0.29, 0.717) is 32.2 Å². The van der Waals surface area contributed by atoms with Crippen LogP contribution in [0.5, 0.6) is 0 Å². The van der Waals surface area contributed by atoms with Crippen molar-refractivity contribution in [2.45, 2.75) is 17.8 Å². The maximum absolute atomic E-state index is 13.9. The first kappa shape index (κ1) is 19.1. The number of thioether (sulfide) groups is 1. The molecular weight excluding hydrogens is 430 g/mol. The molecule has 0 aromatic heterocycles. The molecule has 0 saturated carbocycles. The summed E-state index contributed by atoms with van der Waals surface area (Å²) in [5.41, 5.74) is 1.26. The molecule has 1 fully saturated rings. The number of fused-ring (bicyclic) bond motifs is 1. The molecule has 0 aliphatic carbocycles. The minimum absolute atomic E-state index is 0.0201. The van der Waals surface area contributed by atoms with Crippen LogP contribution in [0.3, 0.4) is 0 Å². The summed E-state index contributed by atoms with van der Waals surface area (Å²) in [5.74, 6) is 0.160. The highest BCUT2D eigenvalue weighted by Crippen LogP contribution is 2.38. The highest BCUT2D eigenvalue weighted by atomic mass is 35.5. The van der Waals surface area contributed by atoms with E-state index in [1.54, 1.807) is 36.4 Å². The predicted octanol–water partition coefficient (Wildman–Crippen LogP) is 4.41. The number of sulfone groups is 1. The molecule has 0 amide bonds. The zero-order chi connectivity index (χ0) is 19.2. The number of amidine groups is 1. The summed E-state index contributed by atoms with van der Waals surface area (Å²) in [4.78, 5) is 6.50. The van der Waals surface area contributed by atoms with Gasteiger partial charge in [-0.1, -0.05) is 53.2 Å². The molecule has 27 heavy (non-hydrogen) atoms. The van der Waals surface area contributed by atoms with Crippen LogP contribution in [-0.2, 0) is 15.6 Å². The molecule has 1 saturated heterocycles. The molecular formula is C18H15Cl2FN2O2S2. The minimum atomic E-state index is -3.15. The van der Waals surface area contributed by atoms with E-state index >= 15 is 0 Å². The lowest BCUT2D eigenvalue weighted by Crippen LogP contribution is -2.39. The lowest BCUT2D eigenvalue weighted by Gasteiger charge is -2.27. The summed E-state index contributed by atoms with van der Waals surface area (Å²) in [6.45, 7) is 0. The third kappa shape index (κ3) is 3.97. The van der Waals surface area contributed by atoms with Crippen molar-refractivity contribution in [2.75, 3.05) is 16.4 Å². The van der Waals surface area contributed by atoms with E-state index in [-0.39, 0.29) is 29.4 Å². The Balaban J connectivity index is 1.66. The number of benzene rings is 2. The molecule has 0 unspecified atom stereocenters. The van der Waals surface area contributed by atoms with Gasteiger partial charge in [-0.25, -0.2) is 12.8 Å². The van der Waals surface area contributed by atoms with Crippen molar-refractivity contribution in [1.29, 1.82) is 0 Å². The van der Waals surface area contributed by atoms with Gasteiger partial charge in [0.15, 0.2) is 15.0 Å². The smallest absolute Gasteiger partial charge is 0.164 e. The quantitative estimate of drug-likeness (QED) is 0.703. The van der Waals surface area contributed by atoms with Crippen LogP contribution in [0.1, 0.15) is 5.56 Å². The molecule has 0 spiro atoms. The van der Waals surface area contributed by atoms with Crippen molar-refractivity contribution >= 4 is 55.7 Å². The van der Waals surface area contributed by atoms with Crippen LogP contribution in [-0.4, -0.2) is 37.2 Å². The Hall–Kier alpha value is -1.28. The molecule has 2 aromatic carbocycles.